The summed E-state index contributed by atoms with van der Waals surface area (Å²) < 4.78 is 0. The summed E-state index contributed by atoms with van der Waals surface area (Å²) in [5.74, 6) is 1.63. The second-order valence-electron chi connectivity index (χ2n) is 6.59. The van der Waals surface area contributed by atoms with E-state index in [0.717, 1.165) is 29.9 Å². The van der Waals surface area contributed by atoms with Crippen molar-refractivity contribution in [2.24, 2.45) is 4.99 Å². The van der Waals surface area contributed by atoms with Crippen LogP contribution >= 0.6 is 23.2 Å². The number of rotatable bonds is 2. The van der Waals surface area contributed by atoms with Crippen LogP contribution < -0.4 is 10.6 Å². The molecule has 1 aliphatic carbocycles. The van der Waals surface area contributed by atoms with Gasteiger partial charge in [0.05, 0.1) is 27.5 Å². The first-order chi connectivity index (χ1) is 12.2. The number of nitrogens with one attached hydrogen (secondary N) is 2. The van der Waals surface area contributed by atoms with Crippen molar-refractivity contribution in [1.82, 2.24) is 15.3 Å². The average Bonchev–Trinajstić information content (AvgIpc) is 2.63. The molecule has 0 atom stereocenters. The summed E-state index contributed by atoms with van der Waals surface area (Å²) >= 11 is 12.1. The Bertz CT molecular complexity index is 815. The van der Waals surface area contributed by atoms with Crippen LogP contribution in [0.2, 0.25) is 10.0 Å². The van der Waals surface area contributed by atoms with Gasteiger partial charge < -0.3 is 10.6 Å². The van der Waals surface area contributed by atoms with Gasteiger partial charge >= 0.3 is 0 Å². The highest BCUT2D eigenvalue weighted by atomic mass is 35.5. The summed E-state index contributed by atoms with van der Waals surface area (Å²) in [6, 6.07) is 5.68. The second kappa shape index (κ2) is 6.81. The molecule has 0 unspecified atom stereocenters. The summed E-state index contributed by atoms with van der Waals surface area (Å²) in [6.07, 6.45) is 9.06. The molecule has 5 nitrogen and oxygen atoms in total. The van der Waals surface area contributed by atoms with Gasteiger partial charge in [-0.25, -0.2) is 15.0 Å². The molecule has 7 heteroatoms. The average molecular weight is 376 g/mol. The van der Waals surface area contributed by atoms with Crippen LogP contribution in [0, 0.1) is 0 Å². The number of benzene rings is 1. The summed E-state index contributed by atoms with van der Waals surface area (Å²) in [7, 11) is 0. The van der Waals surface area contributed by atoms with Crippen molar-refractivity contribution >= 4 is 40.5 Å². The molecule has 0 amide bonds. The van der Waals surface area contributed by atoms with E-state index in [9.17, 15) is 0 Å². The van der Waals surface area contributed by atoms with Crippen LogP contribution in [-0.4, -0.2) is 21.3 Å². The standard InChI is InChI=1S/C18H19Cl2N5/c19-13-5-4-12(8-14(13)20)9-22-17-18(6-2-1-3-7-18)25-15-10-21-11-23-16(15)24-17/h4-5,8,10-11,25H,1-3,6-7,9H2,(H,21,22,23,24). The van der Waals surface area contributed by atoms with Gasteiger partial charge in [-0.15, -0.1) is 0 Å². The lowest BCUT2D eigenvalue weighted by Gasteiger charge is -2.42. The van der Waals surface area contributed by atoms with Gasteiger partial charge in [0.15, 0.2) is 5.82 Å². The molecule has 1 fully saturated rings. The predicted molar refractivity (Wildman–Crippen MR) is 102 cm³/mol. The lowest BCUT2D eigenvalue weighted by molar-refractivity contribution is 0.396. The number of halogens is 2. The number of aromatic nitrogens is 2. The van der Waals surface area contributed by atoms with E-state index in [1.165, 1.54) is 25.6 Å². The normalized spacial score (nSPS) is 18.2. The Labute approximate surface area is 156 Å². The van der Waals surface area contributed by atoms with E-state index in [1.54, 1.807) is 6.20 Å². The Morgan fingerprint density at radius 3 is 2.76 bits per heavy atom. The summed E-state index contributed by atoms with van der Waals surface area (Å²) in [4.78, 5) is 13.2. The zero-order valence-corrected chi connectivity index (χ0v) is 15.2. The molecule has 1 aromatic carbocycles. The number of amidine groups is 1. The molecule has 130 valence electrons. The molecule has 4 rings (SSSR count). The SMILES string of the molecule is Clc1ccc(CNC2=Nc3ncncc3NC23CCCCC3)cc1Cl. The van der Waals surface area contributed by atoms with Crippen molar-refractivity contribution < 1.29 is 0 Å². The van der Waals surface area contributed by atoms with Crippen molar-refractivity contribution in [3.05, 3.63) is 46.3 Å². The van der Waals surface area contributed by atoms with Crippen molar-refractivity contribution in [1.29, 1.82) is 0 Å². The van der Waals surface area contributed by atoms with E-state index in [4.69, 9.17) is 28.2 Å². The molecule has 1 aliphatic heterocycles. The third-order valence-corrected chi connectivity index (χ3v) is 5.63. The van der Waals surface area contributed by atoms with Crippen molar-refractivity contribution in [3.63, 3.8) is 0 Å². The first-order valence-electron chi connectivity index (χ1n) is 8.51. The van der Waals surface area contributed by atoms with Gasteiger partial charge in [-0.3, -0.25) is 0 Å². The maximum Gasteiger partial charge on any atom is 0.180 e. The van der Waals surface area contributed by atoms with Gasteiger partial charge in [-0.1, -0.05) is 48.5 Å². The smallest absolute Gasteiger partial charge is 0.180 e. The van der Waals surface area contributed by atoms with E-state index in [-0.39, 0.29) is 5.54 Å². The van der Waals surface area contributed by atoms with Gasteiger partial charge in [-0.05, 0) is 30.5 Å². The number of hydrogen-bond acceptors (Lipinski definition) is 5. The van der Waals surface area contributed by atoms with E-state index < -0.39 is 0 Å². The minimum Gasteiger partial charge on any atom is -0.368 e. The predicted octanol–water partition coefficient (Wildman–Crippen LogP) is 4.73. The Balaban J connectivity index is 1.62. The summed E-state index contributed by atoms with van der Waals surface area (Å²) in [5.41, 5.74) is 1.81. The fraction of sp³-hybridized carbons (Fsp3) is 0.389. The first kappa shape index (κ1) is 16.6. The van der Waals surface area contributed by atoms with Crippen molar-refractivity contribution in [3.8, 4) is 0 Å². The number of anilines is 1. The molecule has 0 radical (unpaired) electrons. The molecule has 2 aromatic rings. The molecule has 0 saturated heterocycles. The van der Waals surface area contributed by atoms with Gasteiger partial charge in [0.1, 0.15) is 12.2 Å². The fourth-order valence-corrected chi connectivity index (χ4v) is 3.91. The molecule has 2 aliphatic rings. The highest BCUT2D eigenvalue weighted by Crippen LogP contribution is 2.38. The largest absolute Gasteiger partial charge is 0.368 e. The lowest BCUT2D eigenvalue weighted by atomic mass is 9.79. The third-order valence-electron chi connectivity index (χ3n) is 4.89. The van der Waals surface area contributed by atoms with Gasteiger partial charge in [0.25, 0.3) is 0 Å². The molecule has 25 heavy (non-hydrogen) atoms. The van der Waals surface area contributed by atoms with Crippen LogP contribution in [0.4, 0.5) is 11.5 Å². The summed E-state index contributed by atoms with van der Waals surface area (Å²) in [6.45, 7) is 0.638. The van der Waals surface area contributed by atoms with Crippen molar-refractivity contribution in [2.45, 2.75) is 44.2 Å². The molecular weight excluding hydrogens is 357 g/mol. The molecule has 2 N–H and O–H groups in total. The van der Waals surface area contributed by atoms with Crippen LogP contribution in [0.3, 0.4) is 0 Å². The highest BCUT2D eigenvalue weighted by Gasteiger charge is 2.40. The van der Waals surface area contributed by atoms with E-state index in [1.807, 2.05) is 18.2 Å². The fourth-order valence-electron chi connectivity index (χ4n) is 3.59. The quantitative estimate of drug-likeness (QED) is 0.795. The number of fused-ring (bicyclic) bond motifs is 1. The van der Waals surface area contributed by atoms with Crippen LogP contribution in [0.15, 0.2) is 35.7 Å². The zero-order chi connectivity index (χ0) is 17.3. The van der Waals surface area contributed by atoms with E-state index >= 15 is 0 Å². The van der Waals surface area contributed by atoms with Gasteiger partial charge in [0.2, 0.25) is 0 Å². The lowest BCUT2D eigenvalue weighted by Crippen LogP contribution is -2.54. The van der Waals surface area contributed by atoms with E-state index in [2.05, 4.69) is 20.6 Å². The molecule has 0 bridgehead atoms. The Morgan fingerprint density at radius 2 is 1.96 bits per heavy atom. The van der Waals surface area contributed by atoms with Gasteiger partial charge in [0, 0.05) is 6.54 Å². The van der Waals surface area contributed by atoms with Crippen molar-refractivity contribution in [2.75, 3.05) is 5.32 Å². The number of nitrogens with zero attached hydrogens (tertiary/aromatic N) is 3. The molecule has 1 saturated carbocycles. The Morgan fingerprint density at radius 1 is 1.12 bits per heavy atom. The van der Waals surface area contributed by atoms with Crippen LogP contribution in [-0.2, 0) is 6.54 Å². The molecule has 1 aromatic heterocycles. The highest BCUT2D eigenvalue weighted by molar-refractivity contribution is 6.42. The monoisotopic (exact) mass is 375 g/mol. The number of hydrogen-bond donors (Lipinski definition) is 2. The maximum atomic E-state index is 6.13. The molecular formula is C18H19Cl2N5. The number of aliphatic imine (C=N–C) groups is 1. The minimum absolute atomic E-state index is 0.161. The van der Waals surface area contributed by atoms with Gasteiger partial charge in [-0.2, -0.15) is 0 Å². The maximum absolute atomic E-state index is 6.13. The Kier molecular flexibility index (Phi) is 4.52. The van der Waals surface area contributed by atoms with Crippen LogP contribution in [0.5, 0.6) is 0 Å². The Hall–Kier alpha value is -1.85. The van der Waals surface area contributed by atoms with E-state index in [0.29, 0.717) is 22.4 Å². The molecule has 2 heterocycles. The third kappa shape index (κ3) is 3.31. The van der Waals surface area contributed by atoms with Crippen LogP contribution in [0.1, 0.15) is 37.7 Å². The zero-order valence-electron chi connectivity index (χ0n) is 13.7. The minimum atomic E-state index is -0.161. The summed E-state index contributed by atoms with van der Waals surface area (Å²) in [5, 5.41) is 8.30. The first-order valence-corrected chi connectivity index (χ1v) is 9.27. The second-order valence-corrected chi connectivity index (χ2v) is 7.40. The van der Waals surface area contributed by atoms with Crippen LogP contribution in [0.25, 0.3) is 0 Å². The molecule has 1 spiro atoms. The topological polar surface area (TPSA) is 62.2 Å².